The molecule has 0 saturated heterocycles. The van der Waals surface area contributed by atoms with Gasteiger partial charge in [-0.2, -0.15) is 26.3 Å². The minimum atomic E-state index is -4.74. The van der Waals surface area contributed by atoms with Crippen molar-refractivity contribution in [2.45, 2.75) is 38.9 Å². The van der Waals surface area contributed by atoms with Crippen LogP contribution in [0.1, 0.15) is 5.56 Å². The molecule has 1 aromatic rings. The lowest BCUT2D eigenvalue weighted by Crippen LogP contribution is -2.25. The largest absolute Gasteiger partial charge is 0.412 e. The zero-order valence-corrected chi connectivity index (χ0v) is 16.6. The predicted molar refractivity (Wildman–Crippen MR) is 91.5 cm³/mol. The van der Waals surface area contributed by atoms with Crippen molar-refractivity contribution in [3.05, 3.63) is 29.8 Å². The van der Waals surface area contributed by atoms with Crippen LogP contribution in [0.15, 0.2) is 28.7 Å². The highest BCUT2D eigenvalue weighted by Gasteiger charge is 2.38. The van der Waals surface area contributed by atoms with Crippen LogP contribution in [-0.2, 0) is 9.05 Å². The van der Waals surface area contributed by atoms with Crippen LogP contribution in [0.5, 0.6) is 0 Å². The topological polar surface area (TPSA) is 42.9 Å². The molecular formula is C14H21F6N2O2PSi. The van der Waals surface area contributed by atoms with Gasteiger partial charge in [0.25, 0.3) is 0 Å². The maximum absolute atomic E-state index is 12.6. The van der Waals surface area contributed by atoms with Crippen molar-refractivity contribution in [1.29, 1.82) is 0 Å². The van der Waals surface area contributed by atoms with Crippen molar-refractivity contribution in [2.24, 2.45) is 4.41 Å². The van der Waals surface area contributed by atoms with Gasteiger partial charge in [-0.15, -0.1) is 0 Å². The van der Waals surface area contributed by atoms with Crippen molar-refractivity contribution in [3.63, 3.8) is 0 Å². The van der Waals surface area contributed by atoms with Gasteiger partial charge in [0.15, 0.2) is 21.4 Å². The van der Waals surface area contributed by atoms with Gasteiger partial charge >= 0.3 is 20.0 Å². The maximum Gasteiger partial charge on any atom is 0.412 e. The van der Waals surface area contributed by atoms with Gasteiger partial charge in [0, 0.05) is 5.69 Å². The van der Waals surface area contributed by atoms with Crippen molar-refractivity contribution in [2.75, 3.05) is 18.3 Å². The van der Waals surface area contributed by atoms with E-state index in [-0.39, 0.29) is 5.69 Å². The molecule has 0 spiro atoms. The molecule has 0 aliphatic carbocycles. The number of rotatable bonds is 7. The molecule has 0 fully saturated rings. The summed E-state index contributed by atoms with van der Waals surface area (Å²) >= 11 is 0. The Kier molecular flexibility index (Phi) is 7.37. The monoisotopic (exact) mass is 422 g/mol. The molecule has 1 rings (SSSR count). The van der Waals surface area contributed by atoms with E-state index in [1.807, 2.05) is 0 Å². The quantitative estimate of drug-likeness (QED) is 0.317. The van der Waals surface area contributed by atoms with E-state index in [2.05, 4.69) is 9.50 Å². The summed E-state index contributed by atoms with van der Waals surface area (Å²) in [4.78, 5) is 0. The Balaban J connectivity index is 3.31. The van der Waals surface area contributed by atoms with Gasteiger partial charge in [-0.25, -0.2) is 0 Å². The summed E-state index contributed by atoms with van der Waals surface area (Å²) in [6.07, 6.45) is -9.48. The predicted octanol–water partition coefficient (Wildman–Crippen LogP) is 6.35. The van der Waals surface area contributed by atoms with Crippen molar-refractivity contribution < 1.29 is 35.4 Å². The first-order valence-corrected chi connectivity index (χ1v) is 12.5. The van der Waals surface area contributed by atoms with Gasteiger partial charge in [-0.3, -0.25) is 13.5 Å². The van der Waals surface area contributed by atoms with E-state index in [0.29, 0.717) is 0 Å². The summed E-state index contributed by atoms with van der Waals surface area (Å²) in [5.41, 5.74) is 1.13. The normalized spacial score (nSPS) is 13.6. The van der Waals surface area contributed by atoms with E-state index < -0.39 is 41.5 Å². The Labute approximate surface area is 149 Å². The van der Waals surface area contributed by atoms with Crippen LogP contribution >= 0.6 is 7.66 Å². The van der Waals surface area contributed by atoms with Crippen LogP contribution < -0.4 is 5.09 Å². The smallest absolute Gasteiger partial charge is 0.310 e. The van der Waals surface area contributed by atoms with Gasteiger partial charge in [-0.05, 0) is 38.7 Å². The number of benzene rings is 1. The minimum absolute atomic E-state index is 0.260. The Morgan fingerprint density at radius 2 is 1.35 bits per heavy atom. The molecule has 0 bridgehead atoms. The molecule has 0 aliphatic rings. The Bertz CT molecular complexity index is 619. The van der Waals surface area contributed by atoms with Crippen molar-refractivity contribution >= 4 is 21.6 Å². The first-order chi connectivity index (χ1) is 11.6. The van der Waals surface area contributed by atoms with E-state index >= 15 is 0 Å². The van der Waals surface area contributed by atoms with Gasteiger partial charge in [0.1, 0.15) is 0 Å². The molecule has 0 aliphatic heterocycles. The summed E-state index contributed by atoms with van der Waals surface area (Å²) in [6.45, 7) is 3.22. The standard InChI is InChI=1S/C14H21F6N2O2PSi/c1-11-5-7-12(8-6-11)21-25(22-26(2,3)4,23-9-13(15,16)17)24-10-14(18,19)20/h5-8,21H,9-10H2,1-4H3. The first-order valence-electron chi connectivity index (χ1n) is 7.50. The van der Waals surface area contributed by atoms with E-state index in [9.17, 15) is 26.3 Å². The fraction of sp³-hybridized carbons (Fsp3) is 0.571. The summed E-state index contributed by atoms with van der Waals surface area (Å²) < 4.78 is 89.7. The van der Waals surface area contributed by atoms with E-state index in [0.717, 1.165) is 5.56 Å². The lowest BCUT2D eigenvalue weighted by atomic mass is 10.2. The SMILES string of the molecule is Cc1ccc(NP(=N[Si](C)(C)C)(OCC(F)(F)F)OCC(F)(F)F)cc1. The van der Waals surface area contributed by atoms with Gasteiger partial charge in [0.05, 0.1) is 0 Å². The second-order valence-corrected chi connectivity index (χ2v) is 13.5. The van der Waals surface area contributed by atoms with Crippen LogP contribution in [-0.4, -0.2) is 33.8 Å². The maximum atomic E-state index is 12.6. The molecule has 0 amide bonds. The van der Waals surface area contributed by atoms with Crippen LogP contribution in [0, 0.1) is 6.92 Å². The number of nitrogens with one attached hydrogen (secondary N) is 1. The summed E-state index contributed by atoms with van der Waals surface area (Å²) in [6, 6.07) is 6.33. The lowest BCUT2D eigenvalue weighted by molar-refractivity contribution is -0.163. The first kappa shape index (κ1) is 23.0. The molecule has 0 atom stereocenters. The highest BCUT2D eigenvalue weighted by molar-refractivity contribution is 7.59. The van der Waals surface area contributed by atoms with Crippen LogP contribution in [0.2, 0.25) is 19.6 Å². The minimum Gasteiger partial charge on any atom is -0.310 e. The number of aryl methyl sites for hydroxylation is 1. The highest BCUT2D eigenvalue weighted by atomic mass is 31.2. The van der Waals surface area contributed by atoms with Gasteiger partial charge in [-0.1, -0.05) is 17.7 Å². The molecule has 1 N–H and O–H groups in total. The molecule has 0 saturated carbocycles. The van der Waals surface area contributed by atoms with Crippen LogP contribution in [0.3, 0.4) is 0 Å². The van der Waals surface area contributed by atoms with Crippen LogP contribution in [0.4, 0.5) is 32.0 Å². The fourth-order valence-corrected chi connectivity index (χ4v) is 6.84. The number of alkyl halides is 6. The molecule has 0 heterocycles. The third-order valence-corrected chi connectivity index (χ3v) is 7.51. The average molecular weight is 422 g/mol. The molecule has 26 heavy (non-hydrogen) atoms. The number of halogens is 6. The summed E-state index contributed by atoms with van der Waals surface area (Å²) in [5.74, 6) is 0. The zero-order chi connectivity index (χ0) is 20.2. The Morgan fingerprint density at radius 1 is 0.923 bits per heavy atom. The van der Waals surface area contributed by atoms with Crippen LogP contribution in [0.25, 0.3) is 0 Å². The Morgan fingerprint density at radius 3 is 1.69 bits per heavy atom. The fourth-order valence-electron chi connectivity index (χ4n) is 1.69. The molecule has 0 aromatic heterocycles. The summed E-state index contributed by atoms with van der Waals surface area (Å²) in [7, 11) is -6.57. The zero-order valence-electron chi connectivity index (χ0n) is 14.7. The second kappa shape index (κ2) is 8.33. The molecule has 4 nitrogen and oxygen atoms in total. The van der Waals surface area contributed by atoms with Crippen molar-refractivity contribution in [3.8, 4) is 0 Å². The summed E-state index contributed by atoms with van der Waals surface area (Å²) in [5, 5.41) is 2.56. The van der Waals surface area contributed by atoms with E-state index in [1.165, 1.54) is 12.1 Å². The average Bonchev–Trinajstić information content (AvgIpc) is 2.42. The van der Waals surface area contributed by atoms with E-state index in [1.54, 1.807) is 38.7 Å². The molecule has 0 radical (unpaired) electrons. The molecule has 0 unspecified atom stereocenters. The molecular weight excluding hydrogens is 401 g/mol. The van der Waals surface area contributed by atoms with E-state index in [4.69, 9.17) is 9.05 Å². The highest BCUT2D eigenvalue weighted by Crippen LogP contribution is 2.54. The molecule has 150 valence electrons. The van der Waals surface area contributed by atoms with Gasteiger partial charge in [0.2, 0.25) is 0 Å². The van der Waals surface area contributed by atoms with Gasteiger partial charge < -0.3 is 5.09 Å². The Hall–Kier alpha value is -1.03. The number of hydrogen-bond donors (Lipinski definition) is 1. The number of hydrogen-bond acceptors (Lipinski definition) is 3. The molecule has 12 heteroatoms. The number of anilines is 1. The third-order valence-electron chi connectivity index (χ3n) is 2.56. The number of nitrogens with zero attached hydrogens (tertiary/aromatic N) is 1. The third kappa shape index (κ3) is 9.61. The molecule has 1 aromatic carbocycles. The lowest BCUT2D eigenvalue weighted by Gasteiger charge is -2.29. The second-order valence-electron chi connectivity index (χ2n) is 6.55. The van der Waals surface area contributed by atoms with Crippen molar-refractivity contribution in [1.82, 2.24) is 0 Å².